The molecule has 1 rings (SSSR count). The summed E-state index contributed by atoms with van der Waals surface area (Å²) in [7, 11) is 2.47. The van der Waals surface area contributed by atoms with E-state index in [1.54, 1.807) is 6.26 Å². The maximum atomic E-state index is 11.9. The molecule has 0 amide bonds. The molecule has 7 heteroatoms. The second-order valence-corrected chi connectivity index (χ2v) is 7.51. The predicted octanol–water partition coefficient (Wildman–Crippen LogP) is 3.43. The molecule has 0 spiro atoms. The standard InChI is InChI=1S/C19H22N2O4S/c1-19(2)8-12(6-13(9-19)14(10-20)17(22)24-3)7-16(26-5)15(11-21)18(23)25-4/h6H,7-9H2,1-5H3/b14-13+,16-15-. The van der Waals surface area contributed by atoms with E-state index in [1.165, 1.54) is 26.0 Å². The summed E-state index contributed by atoms with van der Waals surface area (Å²) in [6.07, 6.45) is 5.26. The van der Waals surface area contributed by atoms with Gasteiger partial charge in [-0.1, -0.05) is 25.5 Å². The monoisotopic (exact) mass is 374 g/mol. The Morgan fingerprint density at radius 2 is 1.77 bits per heavy atom. The molecule has 138 valence electrons. The van der Waals surface area contributed by atoms with Gasteiger partial charge in [0.1, 0.15) is 23.3 Å². The summed E-state index contributed by atoms with van der Waals surface area (Å²) in [5, 5.41) is 18.6. The van der Waals surface area contributed by atoms with E-state index in [9.17, 15) is 20.1 Å². The van der Waals surface area contributed by atoms with Crippen LogP contribution in [0.2, 0.25) is 0 Å². The number of ether oxygens (including phenoxy) is 2. The number of rotatable bonds is 5. The zero-order valence-corrected chi connectivity index (χ0v) is 16.5. The largest absolute Gasteiger partial charge is 0.465 e. The molecule has 0 fully saturated rings. The lowest BCUT2D eigenvalue weighted by molar-refractivity contribution is -0.136. The van der Waals surface area contributed by atoms with Crippen molar-refractivity contribution in [3.8, 4) is 12.1 Å². The molecule has 1 aliphatic rings. The number of hydrogen-bond acceptors (Lipinski definition) is 7. The van der Waals surface area contributed by atoms with E-state index in [0.717, 1.165) is 12.0 Å². The molecule has 0 N–H and O–H groups in total. The zero-order valence-electron chi connectivity index (χ0n) is 15.6. The minimum Gasteiger partial charge on any atom is -0.465 e. The number of thioether (sulfide) groups is 1. The van der Waals surface area contributed by atoms with E-state index in [2.05, 4.69) is 4.74 Å². The van der Waals surface area contributed by atoms with Crippen LogP contribution in [0.15, 0.2) is 33.3 Å². The molecule has 1 aliphatic carbocycles. The lowest BCUT2D eigenvalue weighted by Gasteiger charge is -2.32. The Bertz CT molecular complexity index is 776. The van der Waals surface area contributed by atoms with E-state index in [1.807, 2.05) is 32.1 Å². The summed E-state index contributed by atoms with van der Waals surface area (Å²) in [4.78, 5) is 24.3. The number of nitriles is 2. The lowest BCUT2D eigenvalue weighted by Crippen LogP contribution is -2.20. The first-order valence-corrected chi connectivity index (χ1v) is 9.12. The van der Waals surface area contributed by atoms with Gasteiger partial charge in [0.05, 0.1) is 14.2 Å². The van der Waals surface area contributed by atoms with Crippen molar-refractivity contribution in [2.45, 2.75) is 33.1 Å². The Labute approximate surface area is 158 Å². The maximum Gasteiger partial charge on any atom is 0.349 e. The average Bonchev–Trinajstić information content (AvgIpc) is 2.60. The fraction of sp³-hybridized carbons (Fsp3) is 0.474. The summed E-state index contributed by atoms with van der Waals surface area (Å²) in [5.41, 5.74) is 1.35. The third kappa shape index (κ3) is 5.24. The van der Waals surface area contributed by atoms with Crippen LogP contribution in [0.5, 0.6) is 0 Å². The van der Waals surface area contributed by atoms with Crippen LogP contribution < -0.4 is 0 Å². The van der Waals surface area contributed by atoms with Gasteiger partial charge in [0.25, 0.3) is 0 Å². The summed E-state index contributed by atoms with van der Waals surface area (Å²) in [5.74, 6) is -1.33. The molecule has 0 aromatic heterocycles. The smallest absolute Gasteiger partial charge is 0.349 e. The Morgan fingerprint density at radius 3 is 2.23 bits per heavy atom. The quantitative estimate of drug-likeness (QED) is 0.413. The molecule has 0 aromatic rings. The van der Waals surface area contributed by atoms with Gasteiger partial charge < -0.3 is 9.47 Å². The molecular formula is C19H22N2O4S. The molecule has 0 atom stereocenters. The fourth-order valence-electron chi connectivity index (χ4n) is 2.96. The first kappa shape index (κ1) is 21.5. The van der Waals surface area contributed by atoms with Gasteiger partial charge >= 0.3 is 11.9 Å². The van der Waals surface area contributed by atoms with E-state index in [4.69, 9.17) is 4.74 Å². The number of allylic oxidation sites excluding steroid dienone is 4. The topological polar surface area (TPSA) is 100 Å². The molecule has 0 radical (unpaired) electrons. The van der Waals surface area contributed by atoms with Crippen LogP contribution in [0.25, 0.3) is 0 Å². The van der Waals surface area contributed by atoms with Crippen molar-refractivity contribution < 1.29 is 19.1 Å². The highest BCUT2D eigenvalue weighted by molar-refractivity contribution is 8.02. The highest BCUT2D eigenvalue weighted by Gasteiger charge is 2.30. The molecule has 0 aromatic carbocycles. The molecule has 0 heterocycles. The Morgan fingerprint density at radius 1 is 1.15 bits per heavy atom. The van der Waals surface area contributed by atoms with Crippen LogP contribution in [0, 0.1) is 28.1 Å². The molecule has 0 aliphatic heterocycles. The van der Waals surface area contributed by atoms with Gasteiger partial charge in [-0.2, -0.15) is 10.5 Å². The van der Waals surface area contributed by atoms with Gasteiger partial charge in [-0.3, -0.25) is 0 Å². The first-order chi connectivity index (χ1) is 12.2. The second kappa shape index (κ2) is 9.26. The number of esters is 2. The number of carbonyl (C=O) groups excluding carboxylic acids is 2. The summed E-state index contributed by atoms with van der Waals surface area (Å²) in [6, 6.07) is 3.83. The Hall–Kier alpha value is -2.51. The van der Waals surface area contributed by atoms with Crippen LogP contribution in [-0.2, 0) is 19.1 Å². The minimum atomic E-state index is -0.671. The number of nitrogens with zero attached hydrogens (tertiary/aromatic N) is 2. The van der Waals surface area contributed by atoms with Crippen molar-refractivity contribution in [2.24, 2.45) is 5.41 Å². The predicted molar refractivity (Wildman–Crippen MR) is 98.5 cm³/mol. The van der Waals surface area contributed by atoms with E-state index in [-0.39, 0.29) is 16.6 Å². The fourth-order valence-corrected chi connectivity index (χ4v) is 3.62. The lowest BCUT2D eigenvalue weighted by atomic mass is 9.73. The van der Waals surface area contributed by atoms with Crippen molar-refractivity contribution in [2.75, 3.05) is 20.5 Å². The molecular weight excluding hydrogens is 352 g/mol. The Balaban J connectivity index is 3.42. The van der Waals surface area contributed by atoms with Crippen molar-refractivity contribution in [3.63, 3.8) is 0 Å². The van der Waals surface area contributed by atoms with E-state index < -0.39 is 11.9 Å². The van der Waals surface area contributed by atoms with Crippen LogP contribution in [0.1, 0.15) is 33.1 Å². The van der Waals surface area contributed by atoms with Gasteiger partial charge in [-0.25, -0.2) is 9.59 Å². The number of carbonyl (C=O) groups is 2. The Kier molecular flexibility index (Phi) is 7.67. The van der Waals surface area contributed by atoms with Gasteiger partial charge in [0.15, 0.2) is 0 Å². The highest BCUT2D eigenvalue weighted by atomic mass is 32.2. The van der Waals surface area contributed by atoms with Crippen molar-refractivity contribution >= 4 is 23.7 Å². The van der Waals surface area contributed by atoms with Gasteiger partial charge in [0, 0.05) is 11.3 Å². The van der Waals surface area contributed by atoms with Crippen LogP contribution in [0.4, 0.5) is 0 Å². The second-order valence-electron chi connectivity index (χ2n) is 6.61. The molecule has 0 unspecified atom stereocenters. The van der Waals surface area contributed by atoms with Gasteiger partial charge in [-0.05, 0) is 30.1 Å². The van der Waals surface area contributed by atoms with Crippen molar-refractivity contribution in [1.82, 2.24) is 0 Å². The van der Waals surface area contributed by atoms with Gasteiger partial charge in [-0.15, -0.1) is 11.8 Å². The van der Waals surface area contributed by atoms with E-state index in [0.29, 0.717) is 23.3 Å². The minimum absolute atomic E-state index is 0.0130. The molecule has 0 bridgehead atoms. The third-order valence-corrected chi connectivity index (χ3v) is 4.83. The SMILES string of the molecule is COC(=O)/C(C#N)=C1\C=C(C/C(SC)=C(\C#N)C(=O)OC)CC(C)(C)C1. The van der Waals surface area contributed by atoms with E-state index >= 15 is 0 Å². The van der Waals surface area contributed by atoms with Crippen LogP contribution >= 0.6 is 11.8 Å². The van der Waals surface area contributed by atoms with Crippen LogP contribution in [0.3, 0.4) is 0 Å². The van der Waals surface area contributed by atoms with Crippen molar-refractivity contribution in [1.29, 1.82) is 10.5 Å². The third-order valence-electron chi connectivity index (χ3n) is 3.99. The van der Waals surface area contributed by atoms with Crippen molar-refractivity contribution in [3.05, 3.63) is 33.3 Å². The first-order valence-electron chi connectivity index (χ1n) is 7.89. The number of methoxy groups -OCH3 is 2. The summed E-state index contributed by atoms with van der Waals surface area (Å²) >= 11 is 1.31. The molecule has 6 nitrogen and oxygen atoms in total. The number of hydrogen-bond donors (Lipinski definition) is 0. The summed E-state index contributed by atoms with van der Waals surface area (Å²) < 4.78 is 9.37. The molecule has 0 saturated heterocycles. The maximum absolute atomic E-state index is 11.9. The zero-order chi connectivity index (χ0) is 19.9. The summed E-state index contributed by atoms with van der Waals surface area (Å²) in [6.45, 7) is 4.08. The highest BCUT2D eigenvalue weighted by Crippen LogP contribution is 2.42. The average molecular weight is 374 g/mol. The molecule has 0 saturated carbocycles. The normalized spacial score (nSPS) is 18.5. The van der Waals surface area contributed by atoms with Crippen LogP contribution in [-0.4, -0.2) is 32.4 Å². The van der Waals surface area contributed by atoms with Gasteiger partial charge in [0.2, 0.25) is 0 Å². The molecule has 26 heavy (non-hydrogen) atoms.